The zero-order valence-electron chi connectivity index (χ0n) is 17.8. The first-order chi connectivity index (χ1) is 15.1. The van der Waals surface area contributed by atoms with Crippen molar-refractivity contribution in [3.05, 3.63) is 93.3 Å². The van der Waals surface area contributed by atoms with Gasteiger partial charge in [-0.2, -0.15) is 0 Å². The van der Waals surface area contributed by atoms with Gasteiger partial charge in [-0.25, -0.2) is 4.98 Å². The van der Waals surface area contributed by atoms with E-state index < -0.39 is 0 Å². The lowest BCUT2D eigenvalue weighted by Gasteiger charge is -2.27. The molecule has 1 N–H and O–H groups in total. The molecule has 7 nitrogen and oxygen atoms in total. The number of H-pyrrole nitrogens is 1. The Labute approximate surface area is 180 Å². The molecule has 5 rings (SSSR count). The van der Waals surface area contributed by atoms with Crippen molar-refractivity contribution >= 4 is 0 Å². The summed E-state index contributed by atoms with van der Waals surface area (Å²) in [6.45, 7) is 7.35. The average Bonchev–Trinajstić information content (AvgIpc) is 3.38. The molecule has 0 atom stereocenters. The molecule has 1 aliphatic rings. The molecule has 0 aromatic carbocycles. The maximum Gasteiger partial charge on any atom is 0.254 e. The molecule has 7 heteroatoms. The summed E-state index contributed by atoms with van der Waals surface area (Å²) in [5.41, 5.74) is 6.20. The first kappa shape index (κ1) is 19.5. The van der Waals surface area contributed by atoms with Gasteiger partial charge < -0.3 is 14.0 Å². The first-order valence-electron chi connectivity index (χ1n) is 10.5. The minimum atomic E-state index is -0.0415. The maximum atomic E-state index is 12.6. The SMILES string of the molecule is Cc1cc(CN2CCc3c(nc(-c4cccnc4)[nH]c3=O)C2)c(C)n1Cc1ccco1. The van der Waals surface area contributed by atoms with Gasteiger partial charge in [0.25, 0.3) is 5.56 Å². The first-order valence-corrected chi connectivity index (χ1v) is 10.5. The van der Waals surface area contributed by atoms with Gasteiger partial charge in [-0.3, -0.25) is 14.7 Å². The number of aromatic amines is 1. The molecule has 0 aliphatic carbocycles. The van der Waals surface area contributed by atoms with Crippen molar-refractivity contribution in [3.8, 4) is 11.4 Å². The van der Waals surface area contributed by atoms with Crippen molar-refractivity contribution in [2.45, 2.75) is 39.9 Å². The van der Waals surface area contributed by atoms with E-state index in [0.29, 0.717) is 18.8 Å². The Balaban J connectivity index is 1.38. The fourth-order valence-electron chi connectivity index (χ4n) is 4.34. The van der Waals surface area contributed by atoms with Crippen LogP contribution in [0, 0.1) is 13.8 Å². The standard InChI is InChI=1S/C24H25N5O2/c1-16-11-19(17(2)29(16)14-20-6-4-10-31-20)13-28-9-7-21-22(15-28)26-23(27-24(21)30)18-5-3-8-25-12-18/h3-6,8,10-12H,7,9,13-15H2,1-2H3,(H,26,27,30). The van der Waals surface area contributed by atoms with E-state index in [1.165, 1.54) is 17.0 Å². The Hall–Kier alpha value is -3.45. The molecule has 0 amide bonds. The molecule has 1 aliphatic heterocycles. The summed E-state index contributed by atoms with van der Waals surface area (Å²) in [4.78, 5) is 26.8. The molecule has 0 spiro atoms. The van der Waals surface area contributed by atoms with Gasteiger partial charge in [0, 0.05) is 54.5 Å². The molecule has 4 aromatic rings. The van der Waals surface area contributed by atoms with E-state index in [4.69, 9.17) is 9.40 Å². The number of hydrogen-bond donors (Lipinski definition) is 1. The van der Waals surface area contributed by atoms with Crippen molar-refractivity contribution in [1.82, 2.24) is 24.4 Å². The minimum absolute atomic E-state index is 0.0415. The monoisotopic (exact) mass is 415 g/mol. The third-order valence-corrected chi connectivity index (χ3v) is 6.05. The number of aromatic nitrogens is 4. The van der Waals surface area contributed by atoms with Gasteiger partial charge in [0.1, 0.15) is 11.6 Å². The molecule has 4 aromatic heterocycles. The highest BCUT2D eigenvalue weighted by molar-refractivity contribution is 5.53. The Kier molecular flexibility index (Phi) is 5.03. The summed E-state index contributed by atoms with van der Waals surface area (Å²) in [7, 11) is 0. The van der Waals surface area contributed by atoms with Crippen LogP contribution < -0.4 is 5.56 Å². The Morgan fingerprint density at radius 3 is 2.87 bits per heavy atom. The van der Waals surface area contributed by atoms with E-state index in [1.807, 2.05) is 24.3 Å². The number of furan rings is 1. The van der Waals surface area contributed by atoms with Gasteiger partial charge in [-0.1, -0.05) is 0 Å². The van der Waals surface area contributed by atoms with Crippen LogP contribution in [0.25, 0.3) is 11.4 Å². The zero-order valence-corrected chi connectivity index (χ0v) is 17.8. The topological polar surface area (TPSA) is 80.0 Å². The quantitative estimate of drug-likeness (QED) is 0.540. The van der Waals surface area contributed by atoms with E-state index >= 15 is 0 Å². The molecule has 0 saturated carbocycles. The molecule has 0 unspecified atom stereocenters. The molecular formula is C24H25N5O2. The Morgan fingerprint density at radius 2 is 2.10 bits per heavy atom. The second kappa shape index (κ2) is 8.00. The van der Waals surface area contributed by atoms with Gasteiger partial charge >= 0.3 is 0 Å². The van der Waals surface area contributed by atoms with Crippen molar-refractivity contribution in [3.63, 3.8) is 0 Å². The summed E-state index contributed by atoms with van der Waals surface area (Å²) in [6.07, 6.45) is 5.85. The van der Waals surface area contributed by atoms with Crippen LogP contribution in [0.3, 0.4) is 0 Å². The van der Waals surface area contributed by atoms with Crippen LogP contribution in [0.4, 0.5) is 0 Å². The lowest BCUT2D eigenvalue weighted by Crippen LogP contribution is -2.35. The van der Waals surface area contributed by atoms with Crippen LogP contribution in [0.1, 0.15) is 34.0 Å². The zero-order chi connectivity index (χ0) is 21.4. The number of aryl methyl sites for hydroxylation is 1. The van der Waals surface area contributed by atoms with Crippen LogP contribution in [-0.4, -0.2) is 31.0 Å². The highest BCUT2D eigenvalue weighted by Crippen LogP contribution is 2.23. The van der Waals surface area contributed by atoms with Crippen molar-refractivity contribution in [2.75, 3.05) is 6.54 Å². The second-order valence-electron chi connectivity index (χ2n) is 8.10. The van der Waals surface area contributed by atoms with E-state index in [2.05, 4.69) is 39.3 Å². The van der Waals surface area contributed by atoms with E-state index in [-0.39, 0.29) is 5.56 Å². The molecule has 0 bridgehead atoms. The number of rotatable bonds is 5. The summed E-state index contributed by atoms with van der Waals surface area (Å²) >= 11 is 0. The maximum absolute atomic E-state index is 12.6. The predicted molar refractivity (Wildman–Crippen MR) is 118 cm³/mol. The van der Waals surface area contributed by atoms with Gasteiger partial charge in [0.2, 0.25) is 0 Å². The lowest BCUT2D eigenvalue weighted by atomic mass is 10.1. The number of nitrogens with zero attached hydrogens (tertiary/aromatic N) is 4. The number of nitrogens with one attached hydrogen (secondary N) is 1. The van der Waals surface area contributed by atoms with Crippen LogP contribution >= 0.6 is 0 Å². The van der Waals surface area contributed by atoms with Crippen LogP contribution in [0.5, 0.6) is 0 Å². The van der Waals surface area contributed by atoms with Crippen molar-refractivity contribution < 1.29 is 4.42 Å². The average molecular weight is 415 g/mol. The van der Waals surface area contributed by atoms with Crippen LogP contribution in [0.15, 0.2) is 58.2 Å². The smallest absolute Gasteiger partial charge is 0.254 e. The molecular weight excluding hydrogens is 390 g/mol. The van der Waals surface area contributed by atoms with Gasteiger partial charge in [-0.15, -0.1) is 0 Å². The van der Waals surface area contributed by atoms with E-state index in [0.717, 1.165) is 42.2 Å². The highest BCUT2D eigenvalue weighted by Gasteiger charge is 2.23. The largest absolute Gasteiger partial charge is 0.467 e. The number of hydrogen-bond acceptors (Lipinski definition) is 5. The molecule has 0 fully saturated rings. The summed E-state index contributed by atoms with van der Waals surface area (Å²) in [5.74, 6) is 1.53. The van der Waals surface area contributed by atoms with Gasteiger partial charge in [0.15, 0.2) is 0 Å². The van der Waals surface area contributed by atoms with E-state index in [9.17, 15) is 4.79 Å². The fraction of sp³-hybridized carbons (Fsp3) is 0.292. The summed E-state index contributed by atoms with van der Waals surface area (Å²) in [5, 5.41) is 0. The molecule has 0 radical (unpaired) electrons. The Morgan fingerprint density at radius 1 is 1.19 bits per heavy atom. The van der Waals surface area contributed by atoms with Crippen molar-refractivity contribution in [1.29, 1.82) is 0 Å². The normalized spacial score (nSPS) is 14.0. The Bertz CT molecular complexity index is 1260. The van der Waals surface area contributed by atoms with Crippen LogP contribution in [0.2, 0.25) is 0 Å². The number of pyridine rings is 1. The van der Waals surface area contributed by atoms with Crippen LogP contribution in [-0.2, 0) is 26.1 Å². The summed E-state index contributed by atoms with van der Waals surface area (Å²) < 4.78 is 7.82. The minimum Gasteiger partial charge on any atom is -0.467 e. The van der Waals surface area contributed by atoms with E-state index in [1.54, 1.807) is 18.7 Å². The van der Waals surface area contributed by atoms with Gasteiger partial charge in [0.05, 0.1) is 18.5 Å². The molecule has 5 heterocycles. The second-order valence-corrected chi connectivity index (χ2v) is 8.10. The fourth-order valence-corrected chi connectivity index (χ4v) is 4.34. The summed E-state index contributed by atoms with van der Waals surface area (Å²) in [6, 6.07) is 9.93. The number of fused-ring (bicyclic) bond motifs is 1. The van der Waals surface area contributed by atoms with Gasteiger partial charge in [-0.05, 0) is 56.2 Å². The third-order valence-electron chi connectivity index (χ3n) is 6.05. The predicted octanol–water partition coefficient (Wildman–Crippen LogP) is 3.45. The lowest BCUT2D eigenvalue weighted by molar-refractivity contribution is 0.240. The molecule has 158 valence electrons. The highest BCUT2D eigenvalue weighted by atomic mass is 16.3. The molecule has 0 saturated heterocycles. The third kappa shape index (κ3) is 3.84. The molecule has 31 heavy (non-hydrogen) atoms. The van der Waals surface area contributed by atoms with Crippen molar-refractivity contribution in [2.24, 2.45) is 0 Å².